The summed E-state index contributed by atoms with van der Waals surface area (Å²) in [5.41, 5.74) is 6.81. The highest BCUT2D eigenvalue weighted by Gasteiger charge is 2.35. The molecule has 0 radical (unpaired) electrons. The molecule has 1 fully saturated rings. The Bertz CT molecular complexity index is 915. The van der Waals surface area contributed by atoms with E-state index in [9.17, 15) is 14.4 Å². The van der Waals surface area contributed by atoms with Gasteiger partial charge >= 0.3 is 0 Å². The molecule has 3 amide bonds. The SMILES string of the molecule is CCc1ccc(N2C[C@H](C(=O)NNC(=O)c3ccc(Cl)cc3Cl)CC2=O)cc1. The van der Waals surface area contributed by atoms with Crippen LogP contribution in [0.1, 0.15) is 29.3 Å². The molecule has 1 atom stereocenters. The fraction of sp³-hybridized carbons (Fsp3) is 0.250. The Kier molecular flexibility index (Phi) is 6.21. The Morgan fingerprint density at radius 2 is 1.82 bits per heavy atom. The Morgan fingerprint density at radius 1 is 1.11 bits per heavy atom. The summed E-state index contributed by atoms with van der Waals surface area (Å²) in [6.07, 6.45) is 0.996. The van der Waals surface area contributed by atoms with E-state index in [2.05, 4.69) is 17.8 Å². The van der Waals surface area contributed by atoms with Gasteiger partial charge in [0.15, 0.2) is 0 Å². The van der Waals surface area contributed by atoms with Crippen LogP contribution < -0.4 is 15.8 Å². The molecule has 0 bridgehead atoms. The lowest BCUT2D eigenvalue weighted by molar-refractivity contribution is -0.126. The minimum absolute atomic E-state index is 0.0823. The number of benzene rings is 2. The number of amides is 3. The van der Waals surface area contributed by atoms with Crippen molar-refractivity contribution in [3.8, 4) is 0 Å². The molecule has 2 aromatic carbocycles. The van der Waals surface area contributed by atoms with Crippen LogP contribution in [-0.2, 0) is 16.0 Å². The van der Waals surface area contributed by atoms with Crippen LogP contribution in [0.25, 0.3) is 0 Å². The molecule has 6 nitrogen and oxygen atoms in total. The van der Waals surface area contributed by atoms with E-state index < -0.39 is 17.7 Å². The molecule has 0 saturated carbocycles. The molecule has 0 aliphatic carbocycles. The standard InChI is InChI=1S/C20H19Cl2N3O3/c1-2-12-3-6-15(7-4-12)25-11-13(9-18(25)26)19(27)23-24-20(28)16-8-5-14(21)10-17(16)22/h3-8,10,13H,2,9,11H2,1H3,(H,23,27)(H,24,28)/t13-/m1/s1. The molecule has 8 heteroatoms. The van der Waals surface area contributed by atoms with Gasteiger partial charge in [-0.05, 0) is 42.3 Å². The van der Waals surface area contributed by atoms with Crippen molar-refractivity contribution in [2.24, 2.45) is 5.92 Å². The predicted molar refractivity (Wildman–Crippen MR) is 108 cm³/mol. The van der Waals surface area contributed by atoms with E-state index in [0.29, 0.717) is 5.02 Å². The van der Waals surface area contributed by atoms with E-state index in [0.717, 1.165) is 12.1 Å². The highest BCUT2D eigenvalue weighted by molar-refractivity contribution is 6.36. The molecular formula is C20H19Cl2N3O3. The third-order valence-electron chi connectivity index (χ3n) is 4.63. The number of anilines is 1. The summed E-state index contributed by atoms with van der Waals surface area (Å²) in [6.45, 7) is 2.32. The second kappa shape index (κ2) is 8.63. The molecular weight excluding hydrogens is 401 g/mol. The lowest BCUT2D eigenvalue weighted by Gasteiger charge is -2.17. The number of rotatable bonds is 4. The third kappa shape index (κ3) is 4.46. The van der Waals surface area contributed by atoms with Gasteiger partial charge < -0.3 is 4.90 Å². The van der Waals surface area contributed by atoms with Crippen LogP contribution in [0.5, 0.6) is 0 Å². The van der Waals surface area contributed by atoms with E-state index in [-0.39, 0.29) is 29.5 Å². The normalized spacial score (nSPS) is 16.2. The molecule has 0 spiro atoms. The molecule has 28 heavy (non-hydrogen) atoms. The van der Waals surface area contributed by atoms with Crippen LogP contribution >= 0.6 is 23.2 Å². The van der Waals surface area contributed by atoms with Crippen LogP contribution in [0.3, 0.4) is 0 Å². The Morgan fingerprint density at radius 3 is 2.46 bits per heavy atom. The summed E-state index contributed by atoms with van der Waals surface area (Å²) < 4.78 is 0. The number of hydrogen-bond acceptors (Lipinski definition) is 3. The van der Waals surface area contributed by atoms with Crippen molar-refractivity contribution in [2.75, 3.05) is 11.4 Å². The molecule has 146 valence electrons. The number of nitrogens with zero attached hydrogens (tertiary/aromatic N) is 1. The van der Waals surface area contributed by atoms with Crippen LogP contribution in [-0.4, -0.2) is 24.3 Å². The first-order valence-electron chi connectivity index (χ1n) is 8.83. The number of halogens is 2. The zero-order valence-electron chi connectivity index (χ0n) is 15.2. The van der Waals surface area contributed by atoms with E-state index in [4.69, 9.17) is 23.2 Å². The van der Waals surface area contributed by atoms with Gasteiger partial charge in [0.25, 0.3) is 5.91 Å². The molecule has 3 rings (SSSR count). The second-order valence-electron chi connectivity index (χ2n) is 6.49. The fourth-order valence-corrected chi connectivity index (χ4v) is 3.50. The first-order valence-corrected chi connectivity index (χ1v) is 9.59. The number of nitrogens with one attached hydrogen (secondary N) is 2. The Labute approximate surface area is 172 Å². The first kappa shape index (κ1) is 20.2. The summed E-state index contributed by atoms with van der Waals surface area (Å²) in [5, 5.41) is 0.583. The molecule has 0 aromatic heterocycles. The zero-order valence-corrected chi connectivity index (χ0v) is 16.7. The van der Waals surface area contributed by atoms with Crippen LogP contribution in [0.4, 0.5) is 5.69 Å². The van der Waals surface area contributed by atoms with Gasteiger partial charge in [-0.3, -0.25) is 25.2 Å². The van der Waals surface area contributed by atoms with Crippen molar-refractivity contribution in [1.29, 1.82) is 0 Å². The van der Waals surface area contributed by atoms with Gasteiger partial charge in [-0.1, -0.05) is 42.3 Å². The Balaban J connectivity index is 1.59. The summed E-state index contributed by atoms with van der Waals surface area (Å²) in [4.78, 5) is 38.5. The van der Waals surface area contributed by atoms with Crippen LogP contribution in [0.15, 0.2) is 42.5 Å². The van der Waals surface area contributed by atoms with Crippen molar-refractivity contribution < 1.29 is 14.4 Å². The van der Waals surface area contributed by atoms with Gasteiger partial charge in [0, 0.05) is 23.7 Å². The minimum atomic E-state index is -0.564. The van der Waals surface area contributed by atoms with Crippen molar-refractivity contribution in [3.05, 3.63) is 63.6 Å². The number of carbonyl (C=O) groups excluding carboxylic acids is 3. The van der Waals surface area contributed by atoms with Gasteiger partial charge in [-0.15, -0.1) is 0 Å². The second-order valence-corrected chi connectivity index (χ2v) is 7.34. The summed E-state index contributed by atoms with van der Waals surface area (Å²) in [7, 11) is 0. The van der Waals surface area contributed by atoms with Crippen molar-refractivity contribution >= 4 is 46.6 Å². The van der Waals surface area contributed by atoms with Gasteiger partial charge in [-0.25, -0.2) is 0 Å². The van der Waals surface area contributed by atoms with Gasteiger partial charge in [0.2, 0.25) is 11.8 Å². The van der Waals surface area contributed by atoms with Crippen LogP contribution in [0.2, 0.25) is 10.0 Å². The lowest BCUT2D eigenvalue weighted by Crippen LogP contribution is -2.45. The average molecular weight is 420 g/mol. The summed E-state index contributed by atoms with van der Waals surface area (Å²) >= 11 is 11.8. The van der Waals surface area contributed by atoms with E-state index in [1.54, 1.807) is 4.90 Å². The number of aryl methyl sites for hydroxylation is 1. The van der Waals surface area contributed by atoms with Crippen LogP contribution in [0, 0.1) is 5.92 Å². The monoisotopic (exact) mass is 419 g/mol. The predicted octanol–water partition coefficient (Wildman–Crippen LogP) is 3.37. The molecule has 1 aliphatic heterocycles. The van der Waals surface area contributed by atoms with E-state index in [1.807, 2.05) is 24.3 Å². The Hall–Kier alpha value is -2.57. The van der Waals surface area contributed by atoms with Crippen molar-refractivity contribution in [1.82, 2.24) is 10.9 Å². The van der Waals surface area contributed by atoms with Crippen molar-refractivity contribution in [2.45, 2.75) is 19.8 Å². The summed E-state index contributed by atoms with van der Waals surface area (Å²) in [5.74, 6) is -1.68. The van der Waals surface area contributed by atoms with Gasteiger partial charge in [0.1, 0.15) is 0 Å². The molecule has 2 N–H and O–H groups in total. The number of hydrogen-bond donors (Lipinski definition) is 2. The highest BCUT2D eigenvalue weighted by Crippen LogP contribution is 2.25. The first-order chi connectivity index (χ1) is 13.4. The van der Waals surface area contributed by atoms with Crippen molar-refractivity contribution in [3.63, 3.8) is 0 Å². The highest BCUT2D eigenvalue weighted by atomic mass is 35.5. The quantitative estimate of drug-likeness (QED) is 0.745. The molecule has 2 aromatic rings. The maximum atomic E-state index is 12.4. The topological polar surface area (TPSA) is 78.5 Å². The summed E-state index contributed by atoms with van der Waals surface area (Å²) in [6, 6.07) is 12.1. The molecule has 1 saturated heterocycles. The van der Waals surface area contributed by atoms with Gasteiger partial charge in [-0.2, -0.15) is 0 Å². The molecule has 1 aliphatic rings. The fourth-order valence-electron chi connectivity index (χ4n) is 3.01. The zero-order chi connectivity index (χ0) is 20.3. The third-order valence-corrected chi connectivity index (χ3v) is 5.17. The van der Waals surface area contributed by atoms with E-state index in [1.165, 1.54) is 23.8 Å². The maximum Gasteiger partial charge on any atom is 0.271 e. The molecule has 1 heterocycles. The minimum Gasteiger partial charge on any atom is -0.312 e. The molecule has 0 unspecified atom stereocenters. The average Bonchev–Trinajstić information content (AvgIpc) is 3.07. The smallest absolute Gasteiger partial charge is 0.271 e. The number of hydrazine groups is 1. The van der Waals surface area contributed by atoms with E-state index >= 15 is 0 Å². The largest absolute Gasteiger partial charge is 0.312 e. The maximum absolute atomic E-state index is 12.4. The van der Waals surface area contributed by atoms with Gasteiger partial charge in [0.05, 0.1) is 16.5 Å². The number of carbonyl (C=O) groups is 3. The lowest BCUT2D eigenvalue weighted by atomic mass is 10.1.